The monoisotopic (exact) mass is 434 g/mol. The lowest BCUT2D eigenvalue weighted by Crippen LogP contribution is -2.19. The predicted octanol–water partition coefficient (Wildman–Crippen LogP) is 5.21. The second-order valence-corrected chi connectivity index (χ2v) is 8.03. The summed E-state index contributed by atoms with van der Waals surface area (Å²) in [6, 6.07) is 14.2. The second-order valence-electron chi connectivity index (χ2n) is 7.03. The van der Waals surface area contributed by atoms with Crippen LogP contribution in [0.4, 0.5) is 9.52 Å². The van der Waals surface area contributed by atoms with Crippen molar-refractivity contribution < 1.29 is 14.3 Å². The average Bonchev–Trinajstić information content (AvgIpc) is 3.23. The smallest absolute Gasteiger partial charge is 0.308 e. The standard InChI is InChI=1S/C23H19FN4O2S/c1-14(22(29)30)10-27-23-28-20(21(31-23)18-11-25-13-26-12-18)17-4-2-15(3-5-17)16-6-8-19(24)9-7-16/h2-9,11-14H,10H2,1H3,(H,27,28)(H,29,30). The highest BCUT2D eigenvalue weighted by molar-refractivity contribution is 7.19. The molecule has 31 heavy (non-hydrogen) atoms. The van der Waals surface area contributed by atoms with Crippen LogP contribution in [-0.2, 0) is 4.79 Å². The first-order valence-electron chi connectivity index (χ1n) is 9.60. The molecule has 1 unspecified atom stereocenters. The summed E-state index contributed by atoms with van der Waals surface area (Å²) in [5, 5.41) is 12.9. The number of carboxylic acid groups (broad SMARTS) is 1. The lowest BCUT2D eigenvalue weighted by atomic mass is 10.0. The van der Waals surface area contributed by atoms with Gasteiger partial charge in [0.05, 0.1) is 16.5 Å². The fraction of sp³-hybridized carbons (Fsp3) is 0.130. The SMILES string of the molecule is CC(CNc1nc(-c2ccc(-c3ccc(F)cc3)cc2)c(-c2cncnc2)s1)C(=O)O. The van der Waals surface area contributed by atoms with Gasteiger partial charge in [0.15, 0.2) is 5.13 Å². The largest absolute Gasteiger partial charge is 0.481 e. The van der Waals surface area contributed by atoms with Gasteiger partial charge in [0.2, 0.25) is 0 Å². The zero-order chi connectivity index (χ0) is 21.8. The van der Waals surface area contributed by atoms with Gasteiger partial charge in [0, 0.05) is 30.1 Å². The predicted molar refractivity (Wildman–Crippen MR) is 119 cm³/mol. The van der Waals surface area contributed by atoms with E-state index in [1.54, 1.807) is 31.5 Å². The first-order chi connectivity index (χ1) is 15.0. The maximum Gasteiger partial charge on any atom is 0.308 e. The van der Waals surface area contributed by atoms with Crippen LogP contribution in [0.25, 0.3) is 32.8 Å². The van der Waals surface area contributed by atoms with Crippen molar-refractivity contribution in [2.24, 2.45) is 5.92 Å². The van der Waals surface area contributed by atoms with Crippen LogP contribution in [0.1, 0.15) is 6.92 Å². The fourth-order valence-corrected chi connectivity index (χ4v) is 3.96. The average molecular weight is 434 g/mol. The molecule has 2 aromatic heterocycles. The minimum Gasteiger partial charge on any atom is -0.481 e. The normalized spacial score (nSPS) is 11.8. The fourth-order valence-electron chi connectivity index (χ4n) is 2.99. The van der Waals surface area contributed by atoms with Gasteiger partial charge in [-0.25, -0.2) is 19.3 Å². The molecule has 4 aromatic rings. The summed E-state index contributed by atoms with van der Waals surface area (Å²) in [6.45, 7) is 1.92. The van der Waals surface area contributed by atoms with E-state index in [9.17, 15) is 9.18 Å². The van der Waals surface area contributed by atoms with Gasteiger partial charge in [-0.05, 0) is 23.3 Å². The number of hydrogen-bond donors (Lipinski definition) is 2. The Balaban J connectivity index is 1.67. The molecule has 156 valence electrons. The van der Waals surface area contributed by atoms with E-state index in [2.05, 4.69) is 15.3 Å². The number of hydrogen-bond acceptors (Lipinski definition) is 6. The molecule has 0 aliphatic rings. The summed E-state index contributed by atoms with van der Waals surface area (Å²) in [5.74, 6) is -1.67. The van der Waals surface area contributed by atoms with Crippen molar-refractivity contribution in [1.29, 1.82) is 0 Å². The van der Waals surface area contributed by atoms with Crippen LogP contribution in [0.3, 0.4) is 0 Å². The molecule has 0 saturated heterocycles. The van der Waals surface area contributed by atoms with E-state index in [-0.39, 0.29) is 12.4 Å². The molecule has 1 atom stereocenters. The molecule has 2 N–H and O–H groups in total. The van der Waals surface area contributed by atoms with Gasteiger partial charge in [0.1, 0.15) is 12.1 Å². The third-order valence-corrected chi connectivity index (χ3v) is 5.83. The number of aliphatic carboxylic acids is 1. The third kappa shape index (κ3) is 4.75. The quantitative estimate of drug-likeness (QED) is 0.415. The summed E-state index contributed by atoms with van der Waals surface area (Å²) in [7, 11) is 0. The van der Waals surface area contributed by atoms with Crippen LogP contribution in [-0.4, -0.2) is 32.6 Å². The van der Waals surface area contributed by atoms with Crippen molar-refractivity contribution >= 4 is 22.4 Å². The number of rotatable bonds is 7. The highest BCUT2D eigenvalue weighted by Gasteiger charge is 2.17. The van der Waals surface area contributed by atoms with E-state index in [0.717, 1.165) is 32.8 Å². The molecule has 0 amide bonds. The number of nitrogens with zero attached hydrogens (tertiary/aromatic N) is 3. The van der Waals surface area contributed by atoms with Crippen molar-refractivity contribution in [2.75, 3.05) is 11.9 Å². The molecule has 8 heteroatoms. The molecule has 0 saturated carbocycles. The van der Waals surface area contributed by atoms with E-state index < -0.39 is 11.9 Å². The molecule has 6 nitrogen and oxygen atoms in total. The molecule has 2 aromatic carbocycles. The Bertz CT molecular complexity index is 1180. The maximum atomic E-state index is 13.2. The Labute approximate surface area is 182 Å². The van der Waals surface area contributed by atoms with E-state index in [1.807, 2.05) is 24.3 Å². The van der Waals surface area contributed by atoms with Crippen molar-refractivity contribution in [3.8, 4) is 32.8 Å². The van der Waals surface area contributed by atoms with Crippen molar-refractivity contribution in [1.82, 2.24) is 15.0 Å². The lowest BCUT2D eigenvalue weighted by Gasteiger charge is -2.06. The van der Waals surface area contributed by atoms with Gasteiger partial charge in [0.25, 0.3) is 0 Å². The number of carbonyl (C=O) groups is 1. The van der Waals surface area contributed by atoms with Crippen molar-refractivity contribution in [3.05, 3.63) is 73.1 Å². The van der Waals surface area contributed by atoms with E-state index in [0.29, 0.717) is 5.13 Å². The Hall–Kier alpha value is -3.65. The lowest BCUT2D eigenvalue weighted by molar-refractivity contribution is -0.140. The van der Waals surface area contributed by atoms with Crippen LogP contribution >= 0.6 is 11.3 Å². The van der Waals surface area contributed by atoms with Crippen LogP contribution in [0.2, 0.25) is 0 Å². The Morgan fingerprint density at radius 3 is 2.19 bits per heavy atom. The van der Waals surface area contributed by atoms with E-state index in [1.165, 1.54) is 29.8 Å². The minimum atomic E-state index is -0.864. The molecular formula is C23H19FN4O2S. The molecular weight excluding hydrogens is 415 g/mol. The van der Waals surface area contributed by atoms with E-state index >= 15 is 0 Å². The molecule has 0 fully saturated rings. The van der Waals surface area contributed by atoms with E-state index in [4.69, 9.17) is 10.1 Å². The molecule has 0 spiro atoms. The number of benzene rings is 2. The van der Waals surface area contributed by atoms with Gasteiger partial charge in [-0.2, -0.15) is 0 Å². The van der Waals surface area contributed by atoms with Crippen LogP contribution in [0, 0.1) is 11.7 Å². The second kappa shape index (κ2) is 9.01. The number of carboxylic acids is 1. The summed E-state index contributed by atoms with van der Waals surface area (Å²) in [4.78, 5) is 24.9. The van der Waals surface area contributed by atoms with Gasteiger partial charge in [-0.15, -0.1) is 0 Å². The topological polar surface area (TPSA) is 88.0 Å². The maximum absolute atomic E-state index is 13.2. The van der Waals surface area contributed by atoms with Crippen LogP contribution < -0.4 is 5.32 Å². The summed E-state index contributed by atoms with van der Waals surface area (Å²) in [5.41, 5.74) is 4.39. The number of thiazole rings is 1. The first kappa shape index (κ1) is 20.6. The Morgan fingerprint density at radius 1 is 1.00 bits per heavy atom. The molecule has 0 aliphatic carbocycles. The third-order valence-electron chi connectivity index (χ3n) is 4.77. The number of anilines is 1. The van der Waals surface area contributed by atoms with Crippen LogP contribution in [0.15, 0.2) is 67.3 Å². The molecule has 4 rings (SSSR count). The number of aromatic nitrogens is 3. The Kier molecular flexibility index (Phi) is 5.99. The molecule has 0 radical (unpaired) electrons. The van der Waals surface area contributed by atoms with Crippen molar-refractivity contribution in [3.63, 3.8) is 0 Å². The zero-order valence-electron chi connectivity index (χ0n) is 16.6. The minimum absolute atomic E-state index is 0.269. The Morgan fingerprint density at radius 2 is 1.58 bits per heavy atom. The zero-order valence-corrected chi connectivity index (χ0v) is 17.4. The summed E-state index contributed by atoms with van der Waals surface area (Å²) < 4.78 is 13.2. The van der Waals surface area contributed by atoms with Crippen molar-refractivity contribution in [2.45, 2.75) is 6.92 Å². The highest BCUT2D eigenvalue weighted by Crippen LogP contribution is 2.39. The van der Waals surface area contributed by atoms with Gasteiger partial charge in [-0.3, -0.25) is 4.79 Å². The summed E-state index contributed by atoms with van der Waals surface area (Å²) in [6.07, 6.45) is 4.91. The van der Waals surface area contributed by atoms with Crippen LogP contribution in [0.5, 0.6) is 0 Å². The van der Waals surface area contributed by atoms with Gasteiger partial charge in [-0.1, -0.05) is 54.7 Å². The number of nitrogens with one attached hydrogen (secondary N) is 1. The molecule has 0 aliphatic heterocycles. The first-order valence-corrected chi connectivity index (χ1v) is 10.4. The molecule has 0 bridgehead atoms. The highest BCUT2D eigenvalue weighted by atomic mass is 32.1. The van der Waals surface area contributed by atoms with Gasteiger partial charge < -0.3 is 10.4 Å². The summed E-state index contributed by atoms with van der Waals surface area (Å²) >= 11 is 1.43. The van der Waals surface area contributed by atoms with Gasteiger partial charge >= 0.3 is 5.97 Å². The molecule has 2 heterocycles. The number of halogens is 1.